The molecule has 0 amide bonds. The lowest BCUT2D eigenvalue weighted by atomic mass is 9.77. The molecule has 0 aliphatic heterocycles. The first-order chi connectivity index (χ1) is 13.9. The van der Waals surface area contributed by atoms with Gasteiger partial charge >= 0.3 is 5.97 Å². The van der Waals surface area contributed by atoms with Gasteiger partial charge in [0.25, 0.3) is 5.56 Å². The van der Waals surface area contributed by atoms with Crippen LogP contribution in [-0.2, 0) is 11.2 Å². The largest absolute Gasteiger partial charge is 0.490 e. The molecule has 1 unspecified atom stereocenters. The zero-order chi connectivity index (χ0) is 21.1. The monoisotopic (exact) mass is 401 g/mol. The number of carbonyl (C=O) groups is 1. The number of hydrogen-bond donors (Lipinski definition) is 3. The van der Waals surface area contributed by atoms with Crippen LogP contribution in [0.25, 0.3) is 11.4 Å². The van der Waals surface area contributed by atoms with Crippen LogP contribution < -0.4 is 15.6 Å². The van der Waals surface area contributed by atoms with Gasteiger partial charge in [0.2, 0.25) is 0 Å². The molecule has 0 radical (unpaired) electrons. The summed E-state index contributed by atoms with van der Waals surface area (Å²) in [5, 5.41) is 12.4. The second-order valence-corrected chi connectivity index (χ2v) is 7.49. The predicted molar refractivity (Wildman–Crippen MR) is 110 cm³/mol. The third-order valence-corrected chi connectivity index (χ3v) is 5.24. The van der Waals surface area contributed by atoms with Crippen molar-refractivity contribution in [2.24, 2.45) is 5.92 Å². The van der Waals surface area contributed by atoms with E-state index in [-0.39, 0.29) is 17.4 Å². The number of pyridine rings is 2. The number of anilines is 1. The number of carboxylic acids is 1. The smallest absolute Gasteiger partial charge is 0.341 e. The number of aromatic carboxylic acids is 1. The molecule has 0 saturated carbocycles. The fraction of sp³-hybridized carbons (Fsp3) is 0.476. The Bertz CT molecular complexity index is 968. The second-order valence-electron chi connectivity index (χ2n) is 7.49. The van der Waals surface area contributed by atoms with Crippen LogP contribution in [0.2, 0.25) is 0 Å². The van der Waals surface area contributed by atoms with Gasteiger partial charge in [-0.15, -0.1) is 0 Å². The number of aromatic amines is 1. The van der Waals surface area contributed by atoms with E-state index in [2.05, 4.69) is 24.1 Å². The van der Waals surface area contributed by atoms with Crippen molar-refractivity contribution in [3.63, 3.8) is 0 Å². The van der Waals surface area contributed by atoms with Crippen LogP contribution in [0.5, 0.6) is 5.75 Å². The summed E-state index contributed by atoms with van der Waals surface area (Å²) in [5.41, 5.74) is 2.15. The van der Waals surface area contributed by atoms with Crippen molar-refractivity contribution in [3.8, 4) is 17.1 Å². The zero-order valence-corrected chi connectivity index (χ0v) is 17.2. The van der Waals surface area contributed by atoms with Crippen molar-refractivity contribution < 1.29 is 19.4 Å². The fourth-order valence-electron chi connectivity index (χ4n) is 3.72. The lowest BCUT2D eigenvalue weighted by Gasteiger charge is -2.30. The van der Waals surface area contributed by atoms with E-state index in [1.165, 1.54) is 6.07 Å². The third kappa shape index (κ3) is 4.12. The Morgan fingerprint density at radius 3 is 2.76 bits per heavy atom. The molecule has 1 aliphatic rings. The van der Waals surface area contributed by atoms with Gasteiger partial charge in [-0.2, -0.15) is 0 Å². The maximum absolute atomic E-state index is 12.3. The molecule has 1 atom stereocenters. The van der Waals surface area contributed by atoms with E-state index in [4.69, 9.17) is 14.5 Å². The highest BCUT2D eigenvalue weighted by atomic mass is 16.5. The summed E-state index contributed by atoms with van der Waals surface area (Å²) in [4.78, 5) is 31.2. The average molecular weight is 401 g/mol. The van der Waals surface area contributed by atoms with Gasteiger partial charge in [0.15, 0.2) is 11.6 Å². The van der Waals surface area contributed by atoms with Crippen molar-refractivity contribution in [2.75, 3.05) is 32.7 Å². The van der Waals surface area contributed by atoms with Crippen LogP contribution in [-0.4, -0.2) is 48.4 Å². The average Bonchev–Trinajstić information content (AvgIpc) is 2.69. The molecule has 3 N–H and O–H groups in total. The predicted octanol–water partition coefficient (Wildman–Crippen LogP) is 2.89. The molecule has 8 heteroatoms. The number of nitrogens with zero attached hydrogens (tertiary/aromatic N) is 1. The number of hydrogen-bond acceptors (Lipinski definition) is 6. The van der Waals surface area contributed by atoms with E-state index in [1.807, 2.05) is 6.07 Å². The molecule has 2 heterocycles. The maximum Gasteiger partial charge on any atom is 0.341 e. The maximum atomic E-state index is 12.3. The minimum atomic E-state index is -1.23. The normalized spacial score (nSPS) is 15.0. The molecule has 156 valence electrons. The second kappa shape index (κ2) is 8.65. The van der Waals surface area contributed by atoms with Crippen LogP contribution in [0, 0.1) is 5.92 Å². The highest BCUT2D eigenvalue weighted by Gasteiger charge is 2.31. The Morgan fingerprint density at radius 2 is 2.14 bits per heavy atom. The highest BCUT2D eigenvalue weighted by Crippen LogP contribution is 2.43. The molecule has 8 nitrogen and oxygen atoms in total. The van der Waals surface area contributed by atoms with Crippen LogP contribution >= 0.6 is 0 Å². The van der Waals surface area contributed by atoms with Crippen molar-refractivity contribution in [3.05, 3.63) is 39.2 Å². The van der Waals surface area contributed by atoms with Crippen LogP contribution in [0.3, 0.4) is 0 Å². The number of carboxylic acid groups (broad SMARTS) is 1. The third-order valence-electron chi connectivity index (χ3n) is 5.24. The summed E-state index contributed by atoms with van der Waals surface area (Å²) in [6.07, 6.45) is 1.45. The molecule has 29 heavy (non-hydrogen) atoms. The van der Waals surface area contributed by atoms with Crippen molar-refractivity contribution in [1.82, 2.24) is 9.97 Å². The van der Waals surface area contributed by atoms with E-state index in [1.54, 1.807) is 14.2 Å². The molecule has 0 aromatic carbocycles. The Labute approximate surface area is 169 Å². The highest BCUT2D eigenvalue weighted by molar-refractivity contribution is 5.88. The van der Waals surface area contributed by atoms with E-state index in [0.717, 1.165) is 17.5 Å². The van der Waals surface area contributed by atoms with E-state index < -0.39 is 11.5 Å². The number of methoxy groups -OCH3 is 1. The number of fused-ring (bicyclic) bond motifs is 3. The SMILES string of the molecule is CNc1nc2c(cc1OCCCOC)CC(C(C)C)c1cc(C(=O)O)c(=O)[nH]c1-2. The standard InChI is InChI=1S/C21H27N3O5/c1-11(2)13-8-12-9-16(29-7-5-6-28-4)19(22-3)23-17(12)18-14(13)10-15(21(26)27)20(25)24-18/h9-11,13H,5-8H2,1-4H3,(H,22,23)(H,24,25)(H,26,27). The van der Waals surface area contributed by atoms with Crippen molar-refractivity contribution in [1.29, 1.82) is 0 Å². The molecule has 0 fully saturated rings. The van der Waals surface area contributed by atoms with Crippen molar-refractivity contribution in [2.45, 2.75) is 32.6 Å². The first-order valence-electron chi connectivity index (χ1n) is 9.71. The topological polar surface area (TPSA) is 114 Å². The molecular formula is C21H27N3O5. The van der Waals surface area contributed by atoms with Gasteiger partial charge in [-0.1, -0.05) is 13.8 Å². The number of aromatic nitrogens is 2. The van der Waals surface area contributed by atoms with Crippen LogP contribution in [0.15, 0.2) is 16.9 Å². The Morgan fingerprint density at radius 1 is 1.38 bits per heavy atom. The Balaban J connectivity index is 2.10. The quantitative estimate of drug-likeness (QED) is 0.583. The summed E-state index contributed by atoms with van der Waals surface area (Å²) in [6.45, 7) is 5.29. The molecule has 0 saturated heterocycles. The number of H-pyrrole nitrogens is 1. The van der Waals surface area contributed by atoms with Crippen molar-refractivity contribution >= 4 is 11.8 Å². The summed E-state index contributed by atoms with van der Waals surface area (Å²) in [6, 6.07) is 3.46. The van der Waals surface area contributed by atoms with Gasteiger partial charge in [-0.3, -0.25) is 4.79 Å². The minimum Gasteiger partial charge on any atom is -0.490 e. The van der Waals surface area contributed by atoms with E-state index in [9.17, 15) is 14.7 Å². The molecule has 3 rings (SSSR count). The molecular weight excluding hydrogens is 374 g/mol. The van der Waals surface area contributed by atoms with E-state index >= 15 is 0 Å². The Hall–Kier alpha value is -2.87. The lowest BCUT2D eigenvalue weighted by Crippen LogP contribution is -2.25. The lowest BCUT2D eigenvalue weighted by molar-refractivity contribution is 0.0694. The Kier molecular flexibility index (Phi) is 6.22. The molecule has 2 aromatic rings. The summed E-state index contributed by atoms with van der Waals surface area (Å²) in [7, 11) is 3.41. The molecule has 1 aliphatic carbocycles. The van der Waals surface area contributed by atoms with Gasteiger partial charge in [0.05, 0.1) is 18.0 Å². The minimum absolute atomic E-state index is 0.0658. The number of nitrogens with one attached hydrogen (secondary N) is 2. The van der Waals surface area contributed by atoms with E-state index in [0.29, 0.717) is 42.6 Å². The first kappa shape index (κ1) is 20.9. The summed E-state index contributed by atoms with van der Waals surface area (Å²) >= 11 is 0. The number of ether oxygens (including phenoxy) is 2. The first-order valence-corrected chi connectivity index (χ1v) is 9.71. The molecule has 0 spiro atoms. The molecule has 2 aromatic heterocycles. The van der Waals surface area contributed by atoms with Gasteiger partial charge in [0.1, 0.15) is 5.56 Å². The van der Waals surface area contributed by atoms with Gasteiger partial charge in [-0.25, -0.2) is 9.78 Å². The van der Waals surface area contributed by atoms with Crippen LogP contribution in [0.1, 0.15) is 47.7 Å². The van der Waals surface area contributed by atoms with Gasteiger partial charge in [0, 0.05) is 27.2 Å². The number of rotatable bonds is 8. The molecule has 0 bridgehead atoms. The summed E-state index contributed by atoms with van der Waals surface area (Å²) < 4.78 is 11.0. The fourth-order valence-corrected chi connectivity index (χ4v) is 3.72. The summed E-state index contributed by atoms with van der Waals surface area (Å²) in [5.74, 6) is 0.308. The van der Waals surface area contributed by atoms with Crippen LogP contribution in [0.4, 0.5) is 5.82 Å². The van der Waals surface area contributed by atoms with Gasteiger partial charge < -0.3 is 24.9 Å². The van der Waals surface area contributed by atoms with Gasteiger partial charge in [-0.05, 0) is 41.5 Å². The zero-order valence-electron chi connectivity index (χ0n) is 17.2.